The lowest BCUT2D eigenvalue weighted by molar-refractivity contribution is 0.106. The highest BCUT2D eigenvalue weighted by atomic mass is 35.5. The fourth-order valence-corrected chi connectivity index (χ4v) is 1.77. The SMILES string of the molecule is OC(CNCCc1ncno1)COc1ccccc1Cl. The van der Waals surface area contributed by atoms with Gasteiger partial charge in [-0.05, 0) is 12.1 Å². The predicted molar refractivity (Wildman–Crippen MR) is 73.8 cm³/mol. The number of aliphatic hydroxyl groups is 1. The maximum atomic E-state index is 9.78. The van der Waals surface area contributed by atoms with Crippen LogP contribution in [0.1, 0.15) is 5.89 Å². The minimum Gasteiger partial charge on any atom is -0.489 e. The molecule has 2 rings (SSSR count). The second-order valence-electron chi connectivity index (χ2n) is 4.18. The van der Waals surface area contributed by atoms with Gasteiger partial charge in [0, 0.05) is 19.5 Å². The average molecular weight is 298 g/mol. The Morgan fingerprint density at radius 3 is 3.00 bits per heavy atom. The summed E-state index contributed by atoms with van der Waals surface area (Å²) in [6.45, 7) is 1.24. The molecule has 0 amide bonds. The quantitative estimate of drug-likeness (QED) is 0.715. The molecule has 0 aliphatic carbocycles. The third kappa shape index (κ3) is 4.80. The van der Waals surface area contributed by atoms with Gasteiger partial charge in [-0.15, -0.1) is 0 Å². The van der Waals surface area contributed by atoms with Crippen molar-refractivity contribution in [3.63, 3.8) is 0 Å². The van der Waals surface area contributed by atoms with Crippen LogP contribution in [0.5, 0.6) is 5.75 Å². The summed E-state index contributed by atoms with van der Waals surface area (Å²) >= 11 is 5.95. The normalized spacial score (nSPS) is 12.3. The Kier molecular flexibility index (Phi) is 5.79. The van der Waals surface area contributed by atoms with Crippen LogP contribution in [0.25, 0.3) is 0 Å². The molecule has 0 spiro atoms. The summed E-state index contributed by atoms with van der Waals surface area (Å²) in [7, 11) is 0. The van der Waals surface area contributed by atoms with Crippen LogP contribution in [0.2, 0.25) is 5.02 Å². The van der Waals surface area contributed by atoms with E-state index in [2.05, 4.69) is 15.5 Å². The molecule has 1 atom stereocenters. The van der Waals surface area contributed by atoms with Crippen molar-refractivity contribution in [2.45, 2.75) is 12.5 Å². The Hall–Kier alpha value is -1.63. The number of aliphatic hydroxyl groups excluding tert-OH is 1. The van der Waals surface area contributed by atoms with Crippen molar-refractivity contribution in [1.82, 2.24) is 15.5 Å². The minimum atomic E-state index is -0.617. The van der Waals surface area contributed by atoms with E-state index in [1.165, 1.54) is 6.33 Å². The zero-order chi connectivity index (χ0) is 14.2. The van der Waals surface area contributed by atoms with E-state index in [1.54, 1.807) is 12.1 Å². The molecule has 7 heteroatoms. The number of nitrogens with one attached hydrogen (secondary N) is 1. The first-order valence-electron chi connectivity index (χ1n) is 6.27. The molecule has 2 aromatic rings. The zero-order valence-electron chi connectivity index (χ0n) is 10.8. The highest BCUT2D eigenvalue weighted by Crippen LogP contribution is 2.22. The lowest BCUT2D eigenvalue weighted by Gasteiger charge is -2.13. The van der Waals surface area contributed by atoms with Crippen LogP contribution in [0, 0.1) is 0 Å². The lowest BCUT2D eigenvalue weighted by atomic mass is 10.3. The number of hydrogen-bond donors (Lipinski definition) is 2. The lowest BCUT2D eigenvalue weighted by Crippen LogP contribution is -2.32. The van der Waals surface area contributed by atoms with Gasteiger partial charge in [0.15, 0.2) is 6.33 Å². The predicted octanol–water partition coefficient (Wildman–Crippen LogP) is 1.29. The van der Waals surface area contributed by atoms with Crippen LogP contribution in [-0.2, 0) is 6.42 Å². The fraction of sp³-hybridized carbons (Fsp3) is 0.385. The summed E-state index contributed by atoms with van der Waals surface area (Å²) in [5, 5.41) is 16.9. The number of rotatable bonds is 8. The van der Waals surface area contributed by atoms with E-state index in [-0.39, 0.29) is 6.61 Å². The van der Waals surface area contributed by atoms with Crippen molar-refractivity contribution < 1.29 is 14.4 Å². The maximum Gasteiger partial charge on any atom is 0.227 e. The van der Waals surface area contributed by atoms with Gasteiger partial charge in [-0.25, -0.2) is 0 Å². The molecule has 0 fully saturated rings. The second-order valence-corrected chi connectivity index (χ2v) is 4.59. The van der Waals surface area contributed by atoms with Crippen molar-refractivity contribution in [3.8, 4) is 5.75 Å². The largest absolute Gasteiger partial charge is 0.489 e. The van der Waals surface area contributed by atoms with Gasteiger partial charge in [0.25, 0.3) is 0 Å². The molecule has 0 aliphatic rings. The van der Waals surface area contributed by atoms with Crippen molar-refractivity contribution in [2.75, 3.05) is 19.7 Å². The van der Waals surface area contributed by atoms with Crippen LogP contribution in [0.4, 0.5) is 0 Å². The van der Waals surface area contributed by atoms with E-state index in [9.17, 15) is 5.11 Å². The second kappa shape index (κ2) is 7.84. The van der Waals surface area contributed by atoms with Crippen LogP contribution in [-0.4, -0.2) is 41.0 Å². The van der Waals surface area contributed by atoms with Gasteiger partial charge in [0.05, 0.1) is 5.02 Å². The Morgan fingerprint density at radius 1 is 1.40 bits per heavy atom. The molecule has 0 saturated carbocycles. The highest BCUT2D eigenvalue weighted by molar-refractivity contribution is 6.32. The van der Waals surface area contributed by atoms with Gasteiger partial charge in [-0.3, -0.25) is 0 Å². The van der Waals surface area contributed by atoms with Crippen molar-refractivity contribution in [3.05, 3.63) is 41.5 Å². The third-order valence-electron chi connectivity index (χ3n) is 2.57. The Bertz CT molecular complexity index is 507. The standard InChI is InChI=1S/C13H16ClN3O3/c14-11-3-1-2-4-12(11)19-8-10(18)7-15-6-5-13-16-9-17-20-13/h1-4,9-10,15,18H,5-8H2. The summed E-state index contributed by atoms with van der Waals surface area (Å²) < 4.78 is 10.3. The molecule has 1 aromatic heterocycles. The molecule has 6 nitrogen and oxygen atoms in total. The maximum absolute atomic E-state index is 9.78. The van der Waals surface area contributed by atoms with Gasteiger partial charge in [-0.1, -0.05) is 28.9 Å². The molecule has 1 unspecified atom stereocenters. The number of para-hydroxylation sites is 1. The fourth-order valence-electron chi connectivity index (χ4n) is 1.58. The molecule has 0 radical (unpaired) electrons. The smallest absolute Gasteiger partial charge is 0.227 e. The number of aromatic nitrogens is 2. The molecule has 1 heterocycles. The Balaban J connectivity index is 1.61. The summed E-state index contributed by atoms with van der Waals surface area (Å²) in [6.07, 6.45) is 1.37. The Morgan fingerprint density at radius 2 is 2.25 bits per heavy atom. The van der Waals surface area contributed by atoms with Crippen molar-refractivity contribution >= 4 is 11.6 Å². The number of ether oxygens (including phenoxy) is 1. The van der Waals surface area contributed by atoms with Gasteiger partial charge in [0.1, 0.15) is 18.5 Å². The number of benzene rings is 1. The molecule has 0 bridgehead atoms. The first-order valence-corrected chi connectivity index (χ1v) is 6.65. The van der Waals surface area contributed by atoms with Crippen LogP contribution < -0.4 is 10.1 Å². The van der Waals surface area contributed by atoms with E-state index < -0.39 is 6.10 Å². The van der Waals surface area contributed by atoms with Crippen LogP contribution in [0.3, 0.4) is 0 Å². The topological polar surface area (TPSA) is 80.4 Å². The van der Waals surface area contributed by atoms with Crippen molar-refractivity contribution in [1.29, 1.82) is 0 Å². The third-order valence-corrected chi connectivity index (χ3v) is 2.88. The van der Waals surface area contributed by atoms with Crippen molar-refractivity contribution in [2.24, 2.45) is 0 Å². The summed E-state index contributed by atoms with van der Waals surface area (Å²) in [5.41, 5.74) is 0. The first-order chi connectivity index (χ1) is 9.75. The monoisotopic (exact) mass is 297 g/mol. The van der Waals surface area contributed by atoms with Crippen LogP contribution in [0.15, 0.2) is 35.1 Å². The molecular weight excluding hydrogens is 282 g/mol. The number of hydrogen-bond acceptors (Lipinski definition) is 6. The molecule has 1 aromatic carbocycles. The molecule has 0 saturated heterocycles. The van der Waals surface area contributed by atoms with E-state index >= 15 is 0 Å². The van der Waals surface area contributed by atoms with E-state index in [0.29, 0.717) is 36.2 Å². The molecular formula is C13H16ClN3O3. The molecule has 20 heavy (non-hydrogen) atoms. The summed E-state index contributed by atoms with van der Waals surface area (Å²) in [6, 6.07) is 7.16. The number of nitrogens with zero attached hydrogens (tertiary/aromatic N) is 2. The van der Waals surface area contributed by atoms with Gasteiger partial charge >= 0.3 is 0 Å². The molecule has 108 valence electrons. The highest BCUT2D eigenvalue weighted by Gasteiger charge is 2.07. The van der Waals surface area contributed by atoms with Gasteiger partial charge in [-0.2, -0.15) is 4.98 Å². The Labute approximate surface area is 121 Å². The first kappa shape index (κ1) is 14.8. The van der Waals surface area contributed by atoms with Gasteiger partial charge < -0.3 is 19.7 Å². The summed E-state index contributed by atoms with van der Waals surface area (Å²) in [5.74, 6) is 1.14. The minimum absolute atomic E-state index is 0.178. The van der Waals surface area contributed by atoms with E-state index in [0.717, 1.165) is 0 Å². The van der Waals surface area contributed by atoms with Gasteiger partial charge in [0.2, 0.25) is 5.89 Å². The number of halogens is 1. The van der Waals surface area contributed by atoms with E-state index in [1.807, 2.05) is 12.1 Å². The van der Waals surface area contributed by atoms with E-state index in [4.69, 9.17) is 20.9 Å². The summed E-state index contributed by atoms with van der Waals surface area (Å²) in [4.78, 5) is 3.90. The van der Waals surface area contributed by atoms with Crippen LogP contribution >= 0.6 is 11.6 Å². The molecule has 0 aliphatic heterocycles. The zero-order valence-corrected chi connectivity index (χ0v) is 11.6. The molecule has 2 N–H and O–H groups in total. The average Bonchev–Trinajstić information content (AvgIpc) is 2.96.